The largest absolute Gasteiger partial charge is 0.338 e. The Bertz CT molecular complexity index is 1030. The van der Waals surface area contributed by atoms with Crippen molar-refractivity contribution in [3.8, 4) is 0 Å². The molecule has 7 heteroatoms. The van der Waals surface area contributed by atoms with Gasteiger partial charge in [-0.25, -0.2) is 4.68 Å². The molecule has 154 valence electrons. The molecule has 0 radical (unpaired) electrons. The number of likely N-dealkylation sites (tertiary alicyclic amines) is 2. The highest BCUT2D eigenvalue weighted by molar-refractivity contribution is 5.93. The van der Waals surface area contributed by atoms with Crippen molar-refractivity contribution in [3.05, 3.63) is 40.3 Å². The topological polar surface area (TPSA) is 75.5 Å². The van der Waals surface area contributed by atoms with E-state index in [0.717, 1.165) is 24.8 Å². The van der Waals surface area contributed by atoms with Crippen molar-refractivity contribution in [2.45, 2.75) is 64.6 Å². The van der Waals surface area contributed by atoms with Crippen LogP contribution in [0.3, 0.4) is 0 Å². The van der Waals surface area contributed by atoms with Crippen LogP contribution < -0.4 is 5.56 Å². The molecule has 1 spiro atoms. The van der Waals surface area contributed by atoms with E-state index >= 15 is 0 Å². The normalized spacial score (nSPS) is 22.3. The van der Waals surface area contributed by atoms with Crippen LogP contribution in [0.4, 0.5) is 0 Å². The molecule has 2 amide bonds. The number of amides is 2. The van der Waals surface area contributed by atoms with Crippen molar-refractivity contribution < 1.29 is 9.59 Å². The summed E-state index contributed by atoms with van der Waals surface area (Å²) in [6.45, 7) is 7.02. The quantitative estimate of drug-likeness (QED) is 0.796. The first kappa shape index (κ1) is 19.6. The van der Waals surface area contributed by atoms with Crippen molar-refractivity contribution in [3.63, 3.8) is 0 Å². The lowest BCUT2D eigenvalue weighted by Gasteiger charge is -2.46. The minimum Gasteiger partial charge on any atom is -0.338 e. The van der Waals surface area contributed by atoms with Gasteiger partial charge in [-0.15, -0.1) is 0 Å². The lowest BCUT2D eigenvalue weighted by molar-refractivity contribution is -0.157. The van der Waals surface area contributed by atoms with E-state index in [0.29, 0.717) is 30.5 Å². The fraction of sp³-hybridized carbons (Fsp3) is 0.545. The Kier molecular flexibility index (Phi) is 4.92. The predicted molar refractivity (Wildman–Crippen MR) is 111 cm³/mol. The number of fused-ring (bicyclic) bond motifs is 1. The predicted octanol–water partition coefficient (Wildman–Crippen LogP) is 2.10. The zero-order valence-corrected chi connectivity index (χ0v) is 17.4. The van der Waals surface area contributed by atoms with Gasteiger partial charge in [-0.2, -0.15) is 5.10 Å². The average Bonchev–Trinajstić information content (AvgIpc) is 3.12. The van der Waals surface area contributed by atoms with Crippen LogP contribution in [0.2, 0.25) is 0 Å². The zero-order chi connectivity index (χ0) is 20.8. The molecular weight excluding hydrogens is 368 g/mol. The van der Waals surface area contributed by atoms with Crippen LogP contribution in [-0.4, -0.2) is 56.1 Å². The molecular formula is C22H28N4O3. The maximum Gasteiger partial charge on any atom is 0.275 e. The summed E-state index contributed by atoms with van der Waals surface area (Å²) in [6.07, 6.45) is 3.09. The van der Waals surface area contributed by atoms with Crippen LogP contribution in [0.15, 0.2) is 29.1 Å². The summed E-state index contributed by atoms with van der Waals surface area (Å²) in [5.41, 5.74) is -0.315. The van der Waals surface area contributed by atoms with Crippen LogP contribution in [-0.2, 0) is 16.1 Å². The van der Waals surface area contributed by atoms with Crippen LogP contribution >= 0.6 is 0 Å². The molecule has 0 aliphatic carbocycles. The molecule has 1 atom stereocenters. The summed E-state index contributed by atoms with van der Waals surface area (Å²) in [6, 6.07) is 7.42. The Hall–Kier alpha value is -2.70. The Morgan fingerprint density at radius 3 is 2.45 bits per heavy atom. The van der Waals surface area contributed by atoms with Crippen molar-refractivity contribution >= 4 is 22.6 Å². The molecule has 2 fully saturated rings. The number of nitrogens with zero attached hydrogens (tertiary/aromatic N) is 4. The third kappa shape index (κ3) is 3.12. The number of piperidine rings is 1. The molecule has 1 unspecified atom stereocenters. The molecule has 0 N–H and O–H groups in total. The van der Waals surface area contributed by atoms with Gasteiger partial charge in [0.05, 0.1) is 11.1 Å². The molecule has 2 aliphatic rings. The number of hydrogen-bond donors (Lipinski definition) is 0. The first-order valence-corrected chi connectivity index (χ1v) is 10.4. The molecule has 7 nitrogen and oxygen atoms in total. The second-order valence-corrected chi connectivity index (χ2v) is 8.47. The molecule has 1 aromatic heterocycles. The van der Waals surface area contributed by atoms with E-state index in [9.17, 15) is 14.4 Å². The molecule has 2 aliphatic heterocycles. The van der Waals surface area contributed by atoms with Gasteiger partial charge in [-0.3, -0.25) is 14.4 Å². The summed E-state index contributed by atoms with van der Waals surface area (Å²) in [5.74, 6) is -0.148. The SMILES string of the molecule is Cc1nn(CC(=O)N2CCCC23CCCN(C(C)C)C3=O)c(=O)c2ccccc12. The van der Waals surface area contributed by atoms with Gasteiger partial charge in [0.2, 0.25) is 11.8 Å². The van der Waals surface area contributed by atoms with Crippen LogP contribution in [0.5, 0.6) is 0 Å². The van der Waals surface area contributed by atoms with Gasteiger partial charge in [0.1, 0.15) is 12.1 Å². The fourth-order valence-corrected chi connectivity index (χ4v) is 4.96. The van der Waals surface area contributed by atoms with E-state index in [2.05, 4.69) is 5.10 Å². The zero-order valence-electron chi connectivity index (χ0n) is 17.4. The number of rotatable bonds is 3. The van der Waals surface area contributed by atoms with E-state index in [1.54, 1.807) is 11.0 Å². The monoisotopic (exact) mass is 396 g/mol. The first-order chi connectivity index (χ1) is 13.8. The van der Waals surface area contributed by atoms with Crippen molar-refractivity contribution in [1.82, 2.24) is 19.6 Å². The first-order valence-electron chi connectivity index (χ1n) is 10.4. The van der Waals surface area contributed by atoms with Crippen LogP contribution in [0, 0.1) is 6.92 Å². The Morgan fingerprint density at radius 1 is 1.10 bits per heavy atom. The van der Waals surface area contributed by atoms with Crippen molar-refractivity contribution in [2.24, 2.45) is 0 Å². The molecule has 4 rings (SSSR count). The van der Waals surface area contributed by atoms with Crippen molar-refractivity contribution in [2.75, 3.05) is 13.1 Å². The highest BCUT2D eigenvalue weighted by Crippen LogP contribution is 2.39. The summed E-state index contributed by atoms with van der Waals surface area (Å²) < 4.78 is 1.25. The minimum absolute atomic E-state index is 0.0552. The summed E-state index contributed by atoms with van der Waals surface area (Å²) in [5, 5.41) is 5.73. The highest BCUT2D eigenvalue weighted by Gasteiger charge is 2.53. The standard InChI is InChI=1S/C22H28N4O3/c1-15(2)24-12-6-10-22(21(24)29)11-7-13-25(22)19(27)14-26-20(28)18-9-5-4-8-17(18)16(3)23-26/h4-5,8-9,15H,6-7,10-14H2,1-3H3. The van der Waals surface area contributed by atoms with Crippen molar-refractivity contribution in [1.29, 1.82) is 0 Å². The van der Waals surface area contributed by atoms with Gasteiger partial charge in [0.15, 0.2) is 0 Å². The third-order valence-electron chi connectivity index (χ3n) is 6.40. The molecule has 0 bridgehead atoms. The minimum atomic E-state index is -0.755. The van der Waals surface area contributed by atoms with E-state index in [1.165, 1.54) is 4.68 Å². The number of aromatic nitrogens is 2. The Balaban J connectivity index is 1.65. The number of carbonyl (C=O) groups excluding carboxylic acids is 2. The molecule has 3 heterocycles. The second-order valence-electron chi connectivity index (χ2n) is 8.47. The number of aryl methyl sites for hydroxylation is 1. The molecule has 1 aromatic carbocycles. The Morgan fingerprint density at radius 2 is 1.76 bits per heavy atom. The summed E-state index contributed by atoms with van der Waals surface area (Å²) in [4.78, 5) is 43.0. The molecule has 2 aromatic rings. The molecule has 2 saturated heterocycles. The van der Waals surface area contributed by atoms with Gasteiger partial charge >= 0.3 is 0 Å². The smallest absolute Gasteiger partial charge is 0.275 e. The second kappa shape index (κ2) is 7.28. The van der Waals surface area contributed by atoms with Crippen LogP contribution in [0.25, 0.3) is 10.8 Å². The molecule has 0 saturated carbocycles. The van der Waals surface area contributed by atoms with Gasteiger partial charge in [-0.1, -0.05) is 18.2 Å². The lowest BCUT2D eigenvalue weighted by atomic mass is 9.84. The Labute approximate surface area is 170 Å². The number of carbonyl (C=O) groups is 2. The van der Waals surface area contributed by atoms with E-state index in [-0.39, 0.29) is 30.0 Å². The summed E-state index contributed by atoms with van der Waals surface area (Å²) >= 11 is 0. The number of benzene rings is 1. The molecule has 29 heavy (non-hydrogen) atoms. The van der Waals surface area contributed by atoms with E-state index in [1.807, 2.05) is 43.9 Å². The van der Waals surface area contributed by atoms with Gasteiger partial charge in [0, 0.05) is 24.5 Å². The third-order valence-corrected chi connectivity index (χ3v) is 6.40. The van der Waals surface area contributed by atoms with Gasteiger partial charge < -0.3 is 9.80 Å². The van der Waals surface area contributed by atoms with Gasteiger partial charge in [0.25, 0.3) is 5.56 Å². The summed E-state index contributed by atoms with van der Waals surface area (Å²) in [7, 11) is 0. The van der Waals surface area contributed by atoms with Crippen LogP contribution in [0.1, 0.15) is 45.2 Å². The van der Waals surface area contributed by atoms with E-state index < -0.39 is 5.54 Å². The maximum atomic E-state index is 13.3. The lowest BCUT2D eigenvalue weighted by Crippen LogP contribution is -2.63. The highest BCUT2D eigenvalue weighted by atomic mass is 16.2. The number of hydrogen-bond acceptors (Lipinski definition) is 4. The van der Waals surface area contributed by atoms with Gasteiger partial charge in [-0.05, 0) is 52.5 Å². The maximum absolute atomic E-state index is 13.3. The average molecular weight is 396 g/mol. The fourth-order valence-electron chi connectivity index (χ4n) is 4.96. The van der Waals surface area contributed by atoms with E-state index in [4.69, 9.17) is 0 Å².